The smallest absolute Gasteiger partial charge is 0.407 e. The Labute approximate surface area is 171 Å². The molecule has 142 valence electrons. The summed E-state index contributed by atoms with van der Waals surface area (Å²) in [4.78, 5) is 19.8. The molecule has 25 heavy (non-hydrogen) atoms. The van der Waals surface area contributed by atoms with Crippen molar-refractivity contribution in [3.8, 4) is 0 Å². The fraction of sp³-hybridized carbons (Fsp3) is 0.647. The fourth-order valence-corrected chi connectivity index (χ4v) is 3.34. The van der Waals surface area contributed by atoms with Crippen molar-refractivity contribution in [1.29, 1.82) is 0 Å². The van der Waals surface area contributed by atoms with Gasteiger partial charge in [0.05, 0.1) is 6.04 Å². The standard InChI is InChI=1S/C17H28N4O2S.HI/c1-17(2,3)23-16(22)20-13-8-10-21(12-13)15(18-4)19-9-7-14-6-5-11-24-14;/h5-6,11,13H,7-10,12H2,1-4H3,(H,18,19)(H,20,22);1H. The van der Waals surface area contributed by atoms with Gasteiger partial charge in [0.1, 0.15) is 5.60 Å². The lowest BCUT2D eigenvalue weighted by atomic mass is 10.2. The minimum Gasteiger partial charge on any atom is -0.444 e. The molecule has 0 aromatic carbocycles. The zero-order valence-corrected chi connectivity index (χ0v) is 18.5. The van der Waals surface area contributed by atoms with E-state index in [9.17, 15) is 4.79 Å². The molecule has 1 amide bonds. The number of ether oxygens (including phenoxy) is 1. The number of carbonyl (C=O) groups excluding carboxylic acids is 1. The van der Waals surface area contributed by atoms with E-state index in [-0.39, 0.29) is 36.1 Å². The maximum Gasteiger partial charge on any atom is 0.407 e. The first-order valence-electron chi connectivity index (χ1n) is 8.35. The van der Waals surface area contributed by atoms with Crippen molar-refractivity contribution in [2.75, 3.05) is 26.7 Å². The summed E-state index contributed by atoms with van der Waals surface area (Å²) in [6.07, 6.45) is 1.53. The van der Waals surface area contributed by atoms with Crippen molar-refractivity contribution in [2.24, 2.45) is 4.99 Å². The number of amides is 1. The van der Waals surface area contributed by atoms with E-state index in [4.69, 9.17) is 4.74 Å². The molecule has 1 aromatic heterocycles. The van der Waals surface area contributed by atoms with E-state index in [1.54, 1.807) is 18.4 Å². The topological polar surface area (TPSA) is 66.0 Å². The van der Waals surface area contributed by atoms with Crippen LogP contribution in [-0.4, -0.2) is 55.3 Å². The SMILES string of the molecule is CN=C(NCCc1cccs1)N1CCC(NC(=O)OC(C)(C)C)C1.I. The highest BCUT2D eigenvalue weighted by atomic mass is 127. The maximum absolute atomic E-state index is 11.9. The normalized spacial score (nSPS) is 17.8. The van der Waals surface area contributed by atoms with Crippen molar-refractivity contribution in [2.45, 2.75) is 45.3 Å². The Morgan fingerprint density at radius 3 is 2.84 bits per heavy atom. The fourth-order valence-electron chi connectivity index (χ4n) is 2.63. The summed E-state index contributed by atoms with van der Waals surface area (Å²) in [7, 11) is 1.79. The van der Waals surface area contributed by atoms with Gasteiger partial charge >= 0.3 is 6.09 Å². The Kier molecular flexibility index (Phi) is 8.98. The van der Waals surface area contributed by atoms with Crippen LogP contribution in [0, 0.1) is 0 Å². The molecule has 1 fully saturated rings. The number of nitrogens with one attached hydrogen (secondary N) is 2. The lowest BCUT2D eigenvalue weighted by Crippen LogP contribution is -2.44. The lowest BCUT2D eigenvalue weighted by Gasteiger charge is -2.23. The van der Waals surface area contributed by atoms with Crippen LogP contribution in [-0.2, 0) is 11.2 Å². The molecule has 2 N–H and O–H groups in total. The first-order chi connectivity index (χ1) is 11.4. The van der Waals surface area contributed by atoms with Gasteiger partial charge in [-0.25, -0.2) is 4.79 Å². The van der Waals surface area contributed by atoms with Gasteiger partial charge in [-0.15, -0.1) is 35.3 Å². The second-order valence-electron chi connectivity index (χ2n) is 6.88. The van der Waals surface area contributed by atoms with Gasteiger partial charge in [-0.1, -0.05) is 6.07 Å². The first kappa shape index (κ1) is 22.0. The van der Waals surface area contributed by atoms with Crippen molar-refractivity contribution in [1.82, 2.24) is 15.5 Å². The molecule has 8 heteroatoms. The molecular formula is C17H29IN4O2S. The number of likely N-dealkylation sites (tertiary alicyclic amines) is 1. The number of alkyl carbamates (subject to hydrolysis) is 1. The molecule has 1 aliphatic heterocycles. The number of hydrogen-bond acceptors (Lipinski definition) is 4. The number of carbonyl (C=O) groups is 1. The predicted octanol–water partition coefficient (Wildman–Crippen LogP) is 3.08. The Bertz CT molecular complexity index is 557. The van der Waals surface area contributed by atoms with E-state index in [1.165, 1.54) is 4.88 Å². The zero-order valence-electron chi connectivity index (χ0n) is 15.4. The Balaban J connectivity index is 0.00000312. The summed E-state index contributed by atoms with van der Waals surface area (Å²) in [5.74, 6) is 0.889. The Morgan fingerprint density at radius 1 is 1.48 bits per heavy atom. The van der Waals surface area contributed by atoms with Gasteiger partial charge in [-0.2, -0.15) is 0 Å². The van der Waals surface area contributed by atoms with E-state index in [0.717, 1.165) is 38.4 Å². The summed E-state index contributed by atoms with van der Waals surface area (Å²) >= 11 is 1.77. The van der Waals surface area contributed by atoms with Crippen molar-refractivity contribution in [3.05, 3.63) is 22.4 Å². The number of nitrogens with zero attached hydrogens (tertiary/aromatic N) is 2. The summed E-state index contributed by atoms with van der Waals surface area (Å²) in [6, 6.07) is 4.31. The van der Waals surface area contributed by atoms with E-state index in [0.29, 0.717) is 0 Å². The third kappa shape index (κ3) is 7.81. The van der Waals surface area contributed by atoms with Crippen LogP contribution < -0.4 is 10.6 Å². The van der Waals surface area contributed by atoms with E-state index in [1.807, 2.05) is 20.8 Å². The summed E-state index contributed by atoms with van der Waals surface area (Å²) in [5.41, 5.74) is -0.470. The van der Waals surface area contributed by atoms with Crippen LogP contribution >= 0.6 is 35.3 Å². The summed E-state index contributed by atoms with van der Waals surface area (Å²) < 4.78 is 5.31. The van der Waals surface area contributed by atoms with E-state index >= 15 is 0 Å². The van der Waals surface area contributed by atoms with Gasteiger partial charge < -0.3 is 20.3 Å². The molecule has 0 radical (unpaired) electrons. The molecule has 2 heterocycles. The monoisotopic (exact) mass is 480 g/mol. The van der Waals surface area contributed by atoms with E-state index < -0.39 is 5.60 Å². The quantitative estimate of drug-likeness (QED) is 0.395. The molecule has 1 saturated heterocycles. The summed E-state index contributed by atoms with van der Waals surface area (Å²) in [6.45, 7) is 8.08. The number of halogens is 1. The molecule has 1 atom stereocenters. The third-order valence-corrected chi connectivity index (χ3v) is 4.59. The van der Waals surface area contributed by atoms with Crippen molar-refractivity contribution in [3.63, 3.8) is 0 Å². The number of guanidine groups is 1. The predicted molar refractivity (Wildman–Crippen MR) is 114 cm³/mol. The van der Waals surface area contributed by atoms with Crippen molar-refractivity contribution < 1.29 is 9.53 Å². The highest BCUT2D eigenvalue weighted by Gasteiger charge is 2.27. The lowest BCUT2D eigenvalue weighted by molar-refractivity contribution is 0.0507. The minimum atomic E-state index is -0.470. The average Bonchev–Trinajstić information content (AvgIpc) is 3.13. The number of rotatable bonds is 4. The van der Waals surface area contributed by atoms with Gasteiger partial charge in [0.25, 0.3) is 0 Å². The van der Waals surface area contributed by atoms with Crippen LogP contribution in [0.25, 0.3) is 0 Å². The maximum atomic E-state index is 11.9. The molecule has 2 rings (SSSR count). The summed E-state index contributed by atoms with van der Waals surface area (Å²) in [5, 5.41) is 8.43. The van der Waals surface area contributed by atoms with Crippen LogP contribution in [0.3, 0.4) is 0 Å². The van der Waals surface area contributed by atoms with Gasteiger partial charge in [0.15, 0.2) is 5.96 Å². The molecule has 0 aliphatic carbocycles. The molecular weight excluding hydrogens is 451 g/mol. The highest BCUT2D eigenvalue weighted by Crippen LogP contribution is 2.12. The first-order valence-corrected chi connectivity index (χ1v) is 9.23. The van der Waals surface area contributed by atoms with Gasteiger partial charge in [-0.3, -0.25) is 4.99 Å². The second kappa shape index (κ2) is 10.2. The van der Waals surface area contributed by atoms with Crippen LogP contribution in [0.5, 0.6) is 0 Å². The second-order valence-corrected chi connectivity index (χ2v) is 7.91. The van der Waals surface area contributed by atoms with Crippen LogP contribution in [0.15, 0.2) is 22.5 Å². The minimum absolute atomic E-state index is 0. The van der Waals surface area contributed by atoms with E-state index in [2.05, 4.69) is 38.0 Å². The van der Waals surface area contributed by atoms with Crippen LogP contribution in [0.2, 0.25) is 0 Å². The zero-order chi connectivity index (χ0) is 17.6. The van der Waals surface area contributed by atoms with Gasteiger partial charge in [0, 0.05) is 31.6 Å². The number of aliphatic imine (C=N–C) groups is 1. The Morgan fingerprint density at radius 2 is 2.24 bits per heavy atom. The third-order valence-electron chi connectivity index (χ3n) is 3.66. The molecule has 1 aromatic rings. The average molecular weight is 480 g/mol. The molecule has 0 saturated carbocycles. The molecule has 0 bridgehead atoms. The van der Waals surface area contributed by atoms with Gasteiger partial charge in [-0.05, 0) is 45.1 Å². The molecule has 1 unspecified atom stereocenters. The van der Waals surface area contributed by atoms with Crippen molar-refractivity contribution >= 4 is 47.4 Å². The number of hydrogen-bond donors (Lipinski definition) is 2. The largest absolute Gasteiger partial charge is 0.444 e. The number of thiophene rings is 1. The molecule has 1 aliphatic rings. The molecule has 6 nitrogen and oxygen atoms in total. The van der Waals surface area contributed by atoms with Crippen LogP contribution in [0.4, 0.5) is 4.79 Å². The molecule has 0 spiro atoms. The van der Waals surface area contributed by atoms with Crippen LogP contribution in [0.1, 0.15) is 32.1 Å². The van der Waals surface area contributed by atoms with Gasteiger partial charge in [0.2, 0.25) is 0 Å². The highest BCUT2D eigenvalue weighted by molar-refractivity contribution is 14.0. The Hall–Kier alpha value is -1.03.